The van der Waals surface area contributed by atoms with Crippen molar-refractivity contribution in [1.82, 2.24) is 19.7 Å². The van der Waals surface area contributed by atoms with Gasteiger partial charge in [-0.1, -0.05) is 13.8 Å². The smallest absolute Gasteiger partial charge is 0.257 e. The van der Waals surface area contributed by atoms with Crippen LogP contribution in [-0.2, 0) is 19.4 Å². The highest BCUT2D eigenvalue weighted by atomic mass is 32.1. The molecule has 0 saturated heterocycles. The van der Waals surface area contributed by atoms with E-state index in [1.807, 2.05) is 22.8 Å². The van der Waals surface area contributed by atoms with Gasteiger partial charge in [-0.15, -0.1) is 11.3 Å². The van der Waals surface area contributed by atoms with Crippen LogP contribution < -0.4 is 0 Å². The van der Waals surface area contributed by atoms with E-state index >= 15 is 0 Å². The standard InChI is InChI=1S/C17H24N4OS/c1-4-9-21-11-12(10-18-21)17(22)20(3)14-8-6-7-13-16(14)23-15(5-2)19-13/h10-11,14H,4-9H2,1-3H3/t14-/m0/s1. The number of rotatable bonds is 5. The lowest BCUT2D eigenvalue weighted by Gasteiger charge is -2.30. The topological polar surface area (TPSA) is 51.0 Å². The lowest BCUT2D eigenvalue weighted by molar-refractivity contribution is 0.0718. The van der Waals surface area contributed by atoms with E-state index in [0.29, 0.717) is 5.56 Å². The van der Waals surface area contributed by atoms with E-state index in [2.05, 4.69) is 18.9 Å². The molecule has 0 radical (unpaired) electrons. The number of hydrogen-bond donors (Lipinski definition) is 0. The summed E-state index contributed by atoms with van der Waals surface area (Å²) in [7, 11) is 1.91. The van der Waals surface area contributed by atoms with Gasteiger partial charge in [0.2, 0.25) is 0 Å². The maximum absolute atomic E-state index is 12.8. The minimum atomic E-state index is 0.0525. The lowest BCUT2D eigenvalue weighted by Crippen LogP contribution is -2.32. The Balaban J connectivity index is 1.81. The minimum absolute atomic E-state index is 0.0525. The molecule has 6 heteroatoms. The molecular weight excluding hydrogens is 308 g/mol. The molecule has 0 N–H and O–H groups in total. The zero-order chi connectivity index (χ0) is 16.4. The van der Waals surface area contributed by atoms with Crippen molar-refractivity contribution in [2.24, 2.45) is 0 Å². The van der Waals surface area contributed by atoms with Crippen LogP contribution in [0.4, 0.5) is 0 Å². The van der Waals surface area contributed by atoms with E-state index in [4.69, 9.17) is 4.98 Å². The Hall–Kier alpha value is -1.69. The van der Waals surface area contributed by atoms with E-state index in [1.54, 1.807) is 17.5 Å². The van der Waals surface area contributed by atoms with Crippen molar-refractivity contribution in [3.8, 4) is 0 Å². The molecule has 2 aromatic heterocycles. The van der Waals surface area contributed by atoms with E-state index in [0.717, 1.165) is 38.6 Å². The van der Waals surface area contributed by atoms with E-state index < -0.39 is 0 Å². The maximum atomic E-state index is 12.8. The predicted molar refractivity (Wildman–Crippen MR) is 91.8 cm³/mol. The average Bonchev–Trinajstić information content (AvgIpc) is 3.19. The number of nitrogens with zero attached hydrogens (tertiary/aromatic N) is 4. The molecule has 0 unspecified atom stereocenters. The summed E-state index contributed by atoms with van der Waals surface area (Å²) in [6.07, 6.45) is 8.67. The molecule has 2 aromatic rings. The first-order chi connectivity index (χ1) is 11.1. The summed E-state index contributed by atoms with van der Waals surface area (Å²) in [6, 6.07) is 0.151. The summed E-state index contributed by atoms with van der Waals surface area (Å²) in [5.74, 6) is 0.0525. The second-order valence-electron chi connectivity index (χ2n) is 6.09. The first-order valence-electron chi connectivity index (χ1n) is 8.42. The van der Waals surface area contributed by atoms with Gasteiger partial charge in [-0.25, -0.2) is 4.98 Å². The first kappa shape index (κ1) is 16.2. The third-order valence-corrected chi connectivity index (χ3v) is 5.73. The summed E-state index contributed by atoms with van der Waals surface area (Å²) in [5.41, 5.74) is 1.87. The summed E-state index contributed by atoms with van der Waals surface area (Å²) in [6.45, 7) is 5.09. The Bertz CT molecular complexity index is 691. The van der Waals surface area contributed by atoms with Gasteiger partial charge in [0.1, 0.15) is 0 Å². The SMILES string of the molecule is CCCn1cc(C(=O)N(C)[C@H]2CCCc3nc(CC)sc32)cn1. The van der Waals surface area contributed by atoms with Crippen molar-refractivity contribution in [2.45, 2.75) is 58.5 Å². The highest BCUT2D eigenvalue weighted by molar-refractivity contribution is 7.11. The second kappa shape index (κ2) is 6.83. The Morgan fingerprint density at radius 1 is 1.48 bits per heavy atom. The first-order valence-corrected chi connectivity index (χ1v) is 9.23. The van der Waals surface area contributed by atoms with Gasteiger partial charge in [0, 0.05) is 19.8 Å². The highest BCUT2D eigenvalue weighted by Gasteiger charge is 2.30. The largest absolute Gasteiger partial charge is 0.334 e. The lowest BCUT2D eigenvalue weighted by atomic mass is 9.96. The molecule has 0 fully saturated rings. The van der Waals surface area contributed by atoms with Crippen LogP contribution in [-0.4, -0.2) is 32.6 Å². The number of amides is 1. The van der Waals surface area contributed by atoms with Gasteiger partial charge >= 0.3 is 0 Å². The summed E-state index contributed by atoms with van der Waals surface area (Å²) < 4.78 is 1.84. The third kappa shape index (κ3) is 3.17. The molecule has 1 amide bonds. The van der Waals surface area contributed by atoms with Gasteiger partial charge in [-0.2, -0.15) is 5.10 Å². The van der Waals surface area contributed by atoms with Gasteiger partial charge in [0.25, 0.3) is 5.91 Å². The molecule has 5 nitrogen and oxygen atoms in total. The van der Waals surface area contributed by atoms with E-state index in [-0.39, 0.29) is 11.9 Å². The van der Waals surface area contributed by atoms with Crippen LogP contribution in [0.3, 0.4) is 0 Å². The van der Waals surface area contributed by atoms with Crippen LogP contribution in [0.2, 0.25) is 0 Å². The van der Waals surface area contributed by atoms with Crippen LogP contribution in [0.1, 0.15) is 65.1 Å². The monoisotopic (exact) mass is 332 g/mol. The quantitative estimate of drug-likeness (QED) is 0.842. The number of carbonyl (C=O) groups is 1. The second-order valence-corrected chi connectivity index (χ2v) is 7.20. The zero-order valence-corrected chi connectivity index (χ0v) is 14.9. The number of thiazole rings is 1. The summed E-state index contributed by atoms with van der Waals surface area (Å²) >= 11 is 1.77. The Morgan fingerprint density at radius 3 is 3.04 bits per heavy atom. The van der Waals surface area contributed by atoms with Gasteiger partial charge in [0.15, 0.2) is 0 Å². The minimum Gasteiger partial charge on any atom is -0.334 e. The molecular formula is C17H24N4OS. The predicted octanol–water partition coefficient (Wildman–Crippen LogP) is 3.46. The van der Waals surface area contributed by atoms with Crippen molar-refractivity contribution < 1.29 is 4.79 Å². The van der Waals surface area contributed by atoms with Gasteiger partial charge in [0.05, 0.1) is 33.4 Å². The number of fused-ring (bicyclic) bond motifs is 1. The van der Waals surface area contributed by atoms with Crippen molar-refractivity contribution in [3.63, 3.8) is 0 Å². The average molecular weight is 332 g/mol. The third-order valence-electron chi connectivity index (χ3n) is 4.39. The number of carbonyl (C=O) groups excluding carboxylic acids is 1. The van der Waals surface area contributed by atoms with Crippen LogP contribution in [0.25, 0.3) is 0 Å². The van der Waals surface area contributed by atoms with Crippen molar-refractivity contribution in [3.05, 3.63) is 33.5 Å². The maximum Gasteiger partial charge on any atom is 0.257 e. The molecule has 0 spiro atoms. The fourth-order valence-electron chi connectivity index (χ4n) is 3.14. The van der Waals surface area contributed by atoms with Crippen LogP contribution in [0, 0.1) is 0 Å². The molecule has 0 saturated carbocycles. The molecule has 23 heavy (non-hydrogen) atoms. The van der Waals surface area contributed by atoms with E-state index in [9.17, 15) is 4.79 Å². The normalized spacial score (nSPS) is 17.1. The Labute approximate surface area is 141 Å². The highest BCUT2D eigenvalue weighted by Crippen LogP contribution is 2.38. The molecule has 3 rings (SSSR count). The van der Waals surface area contributed by atoms with Crippen molar-refractivity contribution in [1.29, 1.82) is 0 Å². The Kier molecular flexibility index (Phi) is 4.80. The van der Waals surface area contributed by atoms with Gasteiger partial charge in [-0.3, -0.25) is 9.48 Å². The Morgan fingerprint density at radius 2 is 2.30 bits per heavy atom. The molecule has 1 aliphatic carbocycles. The van der Waals surface area contributed by atoms with Gasteiger partial charge in [-0.05, 0) is 32.1 Å². The number of hydrogen-bond acceptors (Lipinski definition) is 4. The fraction of sp³-hybridized carbons (Fsp3) is 0.588. The number of aromatic nitrogens is 3. The fourth-order valence-corrected chi connectivity index (χ4v) is 4.37. The number of aryl methyl sites for hydroxylation is 3. The van der Waals surface area contributed by atoms with Crippen LogP contribution in [0.5, 0.6) is 0 Å². The van der Waals surface area contributed by atoms with Crippen molar-refractivity contribution in [2.75, 3.05) is 7.05 Å². The molecule has 0 bridgehead atoms. The van der Waals surface area contributed by atoms with Crippen LogP contribution >= 0.6 is 11.3 Å². The molecule has 0 aromatic carbocycles. The molecule has 2 heterocycles. The van der Waals surface area contributed by atoms with E-state index in [1.165, 1.54) is 15.6 Å². The summed E-state index contributed by atoms with van der Waals surface area (Å²) in [4.78, 5) is 20.7. The molecule has 1 atom stereocenters. The van der Waals surface area contributed by atoms with Crippen molar-refractivity contribution >= 4 is 17.2 Å². The molecule has 0 aliphatic heterocycles. The summed E-state index contributed by atoms with van der Waals surface area (Å²) in [5, 5.41) is 5.45. The molecule has 124 valence electrons. The van der Waals surface area contributed by atoms with Crippen LogP contribution in [0.15, 0.2) is 12.4 Å². The zero-order valence-electron chi connectivity index (χ0n) is 14.1. The van der Waals surface area contributed by atoms with Gasteiger partial charge < -0.3 is 4.90 Å². The molecule has 1 aliphatic rings.